The summed E-state index contributed by atoms with van der Waals surface area (Å²) in [6.45, 7) is 4.52. The summed E-state index contributed by atoms with van der Waals surface area (Å²) in [6.07, 6.45) is 4.36. The summed E-state index contributed by atoms with van der Waals surface area (Å²) >= 11 is 5.77. The molecule has 1 unspecified atom stereocenters. The third-order valence-electron chi connectivity index (χ3n) is 2.12. The van der Waals surface area contributed by atoms with Gasteiger partial charge >= 0.3 is 0 Å². The molecule has 3 nitrogen and oxygen atoms in total. The molecule has 0 saturated carbocycles. The maximum atomic E-state index is 11.4. The van der Waals surface area contributed by atoms with E-state index in [-0.39, 0.29) is 11.1 Å². The second-order valence-electron chi connectivity index (χ2n) is 3.84. The Bertz CT molecular complexity index is 240. The van der Waals surface area contributed by atoms with Gasteiger partial charge in [0.1, 0.15) is 0 Å². The molecule has 0 aromatic heterocycles. The van der Waals surface area contributed by atoms with Crippen molar-refractivity contribution in [3.8, 4) is 0 Å². The first-order valence-electron chi connectivity index (χ1n) is 5.59. The summed E-state index contributed by atoms with van der Waals surface area (Å²) in [5.41, 5.74) is 0. The molecule has 0 rings (SSSR count). The Morgan fingerprint density at radius 3 is 2.47 bits per heavy atom. The van der Waals surface area contributed by atoms with Crippen molar-refractivity contribution < 1.29 is 8.42 Å². The second-order valence-corrected chi connectivity index (χ2v) is 6.51. The maximum absolute atomic E-state index is 11.4. The van der Waals surface area contributed by atoms with Gasteiger partial charge in [-0.2, -0.15) is 0 Å². The standard InChI is InChI=1S/C10H22ClNO2S/c1-3-4-8-12-15(13,14)9-6-5-7-10(2)11/h10,12H,3-9H2,1-2H3. The normalized spacial score (nSPS) is 14.1. The van der Waals surface area contributed by atoms with Crippen LogP contribution in [0.3, 0.4) is 0 Å². The van der Waals surface area contributed by atoms with Crippen molar-refractivity contribution in [3.05, 3.63) is 0 Å². The van der Waals surface area contributed by atoms with E-state index in [0.717, 1.165) is 25.7 Å². The largest absolute Gasteiger partial charge is 0.215 e. The lowest BCUT2D eigenvalue weighted by Crippen LogP contribution is -2.27. The zero-order valence-electron chi connectivity index (χ0n) is 9.63. The quantitative estimate of drug-likeness (QED) is 0.508. The molecule has 0 aliphatic carbocycles. The highest BCUT2D eigenvalue weighted by molar-refractivity contribution is 7.89. The molecule has 0 aliphatic rings. The lowest BCUT2D eigenvalue weighted by atomic mass is 10.2. The zero-order valence-corrected chi connectivity index (χ0v) is 11.2. The van der Waals surface area contributed by atoms with Gasteiger partial charge in [0.2, 0.25) is 10.0 Å². The molecule has 0 aromatic carbocycles. The van der Waals surface area contributed by atoms with Crippen molar-refractivity contribution in [1.29, 1.82) is 0 Å². The summed E-state index contributed by atoms with van der Waals surface area (Å²) in [6, 6.07) is 0. The van der Waals surface area contributed by atoms with Crippen LogP contribution in [0.2, 0.25) is 0 Å². The Morgan fingerprint density at radius 2 is 1.93 bits per heavy atom. The van der Waals surface area contributed by atoms with Crippen molar-refractivity contribution in [2.24, 2.45) is 0 Å². The predicted molar refractivity (Wildman–Crippen MR) is 65.9 cm³/mol. The third-order valence-corrected chi connectivity index (χ3v) is 3.81. The van der Waals surface area contributed by atoms with Crippen LogP contribution in [0.5, 0.6) is 0 Å². The maximum Gasteiger partial charge on any atom is 0.211 e. The average molecular weight is 256 g/mol. The molecule has 15 heavy (non-hydrogen) atoms. The minimum atomic E-state index is -3.04. The van der Waals surface area contributed by atoms with E-state index in [0.29, 0.717) is 13.0 Å². The van der Waals surface area contributed by atoms with Crippen LogP contribution in [-0.4, -0.2) is 26.1 Å². The smallest absolute Gasteiger partial charge is 0.211 e. The van der Waals surface area contributed by atoms with E-state index in [1.165, 1.54) is 0 Å². The zero-order chi connectivity index (χ0) is 11.7. The van der Waals surface area contributed by atoms with Crippen molar-refractivity contribution in [2.45, 2.75) is 51.3 Å². The van der Waals surface area contributed by atoms with Gasteiger partial charge in [-0.1, -0.05) is 19.8 Å². The molecule has 1 N–H and O–H groups in total. The van der Waals surface area contributed by atoms with Gasteiger partial charge < -0.3 is 0 Å². The highest BCUT2D eigenvalue weighted by Crippen LogP contribution is 2.07. The lowest BCUT2D eigenvalue weighted by molar-refractivity contribution is 0.572. The van der Waals surface area contributed by atoms with Crippen molar-refractivity contribution in [1.82, 2.24) is 4.72 Å². The first kappa shape index (κ1) is 15.2. The van der Waals surface area contributed by atoms with Crippen LogP contribution in [0.4, 0.5) is 0 Å². The van der Waals surface area contributed by atoms with Gasteiger partial charge in [-0.05, 0) is 26.2 Å². The van der Waals surface area contributed by atoms with E-state index in [1.54, 1.807) is 0 Å². The SMILES string of the molecule is CCCCNS(=O)(=O)CCCCC(C)Cl. The molecule has 5 heteroatoms. The third kappa shape index (κ3) is 10.5. The van der Waals surface area contributed by atoms with E-state index in [4.69, 9.17) is 11.6 Å². The first-order valence-corrected chi connectivity index (χ1v) is 7.68. The minimum absolute atomic E-state index is 0.140. The fourth-order valence-corrected chi connectivity index (χ4v) is 2.53. The van der Waals surface area contributed by atoms with Crippen molar-refractivity contribution in [3.63, 3.8) is 0 Å². The van der Waals surface area contributed by atoms with Gasteiger partial charge in [0.25, 0.3) is 0 Å². The number of hydrogen-bond acceptors (Lipinski definition) is 2. The highest BCUT2D eigenvalue weighted by atomic mass is 35.5. The average Bonchev–Trinajstić information content (AvgIpc) is 2.13. The lowest BCUT2D eigenvalue weighted by Gasteiger charge is -2.06. The number of unbranched alkanes of at least 4 members (excludes halogenated alkanes) is 2. The van der Waals surface area contributed by atoms with Crippen molar-refractivity contribution >= 4 is 21.6 Å². The Hall–Kier alpha value is 0.200. The predicted octanol–water partition coefficient (Wildman–Crippen LogP) is 2.50. The minimum Gasteiger partial charge on any atom is -0.215 e. The number of halogens is 1. The highest BCUT2D eigenvalue weighted by Gasteiger charge is 2.08. The van der Waals surface area contributed by atoms with Gasteiger partial charge in [-0.15, -0.1) is 11.6 Å². The number of sulfonamides is 1. The summed E-state index contributed by atoms with van der Waals surface area (Å²) in [7, 11) is -3.04. The van der Waals surface area contributed by atoms with Crippen LogP contribution in [0.15, 0.2) is 0 Å². The van der Waals surface area contributed by atoms with Gasteiger partial charge in [-0.25, -0.2) is 13.1 Å². The molecule has 0 fully saturated rings. The number of nitrogens with one attached hydrogen (secondary N) is 1. The molecule has 0 radical (unpaired) electrons. The van der Waals surface area contributed by atoms with Crippen LogP contribution in [-0.2, 0) is 10.0 Å². The van der Waals surface area contributed by atoms with E-state index >= 15 is 0 Å². The second kappa shape index (κ2) is 8.36. The topological polar surface area (TPSA) is 46.2 Å². The van der Waals surface area contributed by atoms with Gasteiger partial charge in [0.15, 0.2) is 0 Å². The molecule has 0 aromatic rings. The van der Waals surface area contributed by atoms with Gasteiger partial charge in [0, 0.05) is 11.9 Å². The van der Waals surface area contributed by atoms with Gasteiger partial charge in [-0.3, -0.25) is 0 Å². The molecule has 0 spiro atoms. The van der Waals surface area contributed by atoms with Crippen LogP contribution < -0.4 is 4.72 Å². The Labute approximate surface area is 98.6 Å². The molecule has 1 atom stereocenters. The molecule has 0 bridgehead atoms. The van der Waals surface area contributed by atoms with Crippen LogP contribution in [0.1, 0.15) is 46.0 Å². The van der Waals surface area contributed by atoms with E-state index < -0.39 is 10.0 Å². The summed E-state index contributed by atoms with van der Waals surface area (Å²) in [5.74, 6) is 0.223. The number of alkyl halides is 1. The Morgan fingerprint density at radius 1 is 1.27 bits per heavy atom. The van der Waals surface area contributed by atoms with Gasteiger partial charge in [0.05, 0.1) is 5.75 Å². The molecule has 0 saturated heterocycles. The number of hydrogen-bond donors (Lipinski definition) is 1. The fourth-order valence-electron chi connectivity index (χ4n) is 1.19. The van der Waals surface area contributed by atoms with E-state index in [1.807, 2.05) is 13.8 Å². The molecule has 0 aliphatic heterocycles. The molecule has 92 valence electrons. The summed E-state index contributed by atoms with van der Waals surface area (Å²) in [4.78, 5) is 0. The molecular formula is C10H22ClNO2S. The summed E-state index contributed by atoms with van der Waals surface area (Å²) < 4.78 is 25.4. The Balaban J connectivity index is 3.56. The van der Waals surface area contributed by atoms with E-state index in [2.05, 4.69) is 4.72 Å². The molecule has 0 amide bonds. The molecule has 0 heterocycles. The monoisotopic (exact) mass is 255 g/mol. The van der Waals surface area contributed by atoms with Crippen LogP contribution >= 0.6 is 11.6 Å². The van der Waals surface area contributed by atoms with Crippen LogP contribution in [0.25, 0.3) is 0 Å². The first-order chi connectivity index (χ1) is 6.98. The van der Waals surface area contributed by atoms with Crippen LogP contribution in [0, 0.1) is 0 Å². The number of rotatable bonds is 9. The Kier molecular flexibility index (Phi) is 8.47. The fraction of sp³-hybridized carbons (Fsp3) is 1.00. The molecular weight excluding hydrogens is 234 g/mol. The summed E-state index contributed by atoms with van der Waals surface area (Å²) in [5, 5.41) is 0.140. The van der Waals surface area contributed by atoms with E-state index in [9.17, 15) is 8.42 Å². The van der Waals surface area contributed by atoms with Crippen molar-refractivity contribution in [2.75, 3.05) is 12.3 Å².